The van der Waals surface area contributed by atoms with Crippen molar-refractivity contribution in [1.29, 1.82) is 0 Å². The topological polar surface area (TPSA) is 105 Å². The van der Waals surface area contributed by atoms with E-state index in [0.717, 1.165) is 0 Å². The summed E-state index contributed by atoms with van der Waals surface area (Å²) < 4.78 is 0.818. The molecule has 0 saturated carbocycles. The lowest BCUT2D eigenvalue weighted by Gasteiger charge is -2.43. The molecule has 3 heterocycles. The standard InChI is InChI=1S/C14H17ClN4O4S/c1-4-18-8(6(15)5-16-18)10(20)17-7-11(21)19-9(13(22)23)14(2,3)24-12(7)19/h5,7,9,12H,4H2,1-3H3,(H,17,20)(H,22,23)/t7-,9+,12+/m0/s1. The van der Waals surface area contributed by atoms with Gasteiger partial charge in [-0.3, -0.25) is 14.3 Å². The SMILES string of the molecule is CCn1ncc(Cl)c1C(=O)N[C@H]1C(=O)N2[C@@H]1SC(C)(C)[C@H]2C(=O)O. The van der Waals surface area contributed by atoms with E-state index < -0.39 is 40.0 Å². The minimum absolute atomic E-state index is 0.197. The normalized spacial score (nSPS) is 27.6. The fourth-order valence-corrected chi connectivity index (χ4v) is 5.04. The molecule has 2 aliphatic heterocycles. The quantitative estimate of drug-likeness (QED) is 0.757. The van der Waals surface area contributed by atoms with E-state index in [1.165, 1.54) is 27.5 Å². The largest absolute Gasteiger partial charge is 0.480 e. The van der Waals surface area contributed by atoms with Crippen LogP contribution in [-0.2, 0) is 16.1 Å². The Hall–Kier alpha value is -1.74. The number of carbonyl (C=O) groups is 3. The number of fused-ring (bicyclic) bond motifs is 1. The molecule has 1 aromatic rings. The highest BCUT2D eigenvalue weighted by Gasteiger charge is 2.64. The molecular weight excluding hydrogens is 356 g/mol. The molecular formula is C14H17ClN4O4S. The molecule has 2 N–H and O–H groups in total. The molecule has 1 aromatic heterocycles. The molecule has 3 rings (SSSR count). The van der Waals surface area contributed by atoms with Crippen molar-refractivity contribution in [2.24, 2.45) is 0 Å². The zero-order valence-corrected chi connectivity index (χ0v) is 14.9. The molecule has 3 atom stereocenters. The number of carboxylic acids is 1. The maximum Gasteiger partial charge on any atom is 0.327 e. The zero-order valence-electron chi connectivity index (χ0n) is 13.3. The van der Waals surface area contributed by atoms with Gasteiger partial charge in [0.05, 0.1) is 11.2 Å². The molecule has 130 valence electrons. The van der Waals surface area contributed by atoms with Crippen molar-refractivity contribution in [3.05, 3.63) is 16.9 Å². The number of carboxylic acid groups (broad SMARTS) is 1. The van der Waals surface area contributed by atoms with Crippen LogP contribution in [0.3, 0.4) is 0 Å². The Bertz CT molecular complexity index is 734. The summed E-state index contributed by atoms with van der Waals surface area (Å²) >= 11 is 7.37. The molecule has 2 saturated heterocycles. The fourth-order valence-electron chi connectivity index (χ4n) is 3.18. The maximum atomic E-state index is 12.5. The molecule has 2 fully saturated rings. The van der Waals surface area contributed by atoms with Gasteiger partial charge >= 0.3 is 5.97 Å². The molecule has 0 bridgehead atoms. The van der Waals surface area contributed by atoms with E-state index in [1.807, 2.05) is 6.92 Å². The lowest BCUT2D eigenvalue weighted by molar-refractivity contribution is -0.159. The number of nitrogens with one attached hydrogen (secondary N) is 1. The monoisotopic (exact) mass is 372 g/mol. The number of nitrogens with zero attached hydrogens (tertiary/aromatic N) is 3. The Morgan fingerprint density at radius 2 is 2.17 bits per heavy atom. The van der Waals surface area contributed by atoms with Crippen LogP contribution >= 0.6 is 23.4 Å². The van der Waals surface area contributed by atoms with Crippen molar-refractivity contribution >= 4 is 41.1 Å². The second-order valence-corrected chi connectivity index (χ2v) is 8.38. The van der Waals surface area contributed by atoms with Crippen molar-refractivity contribution in [1.82, 2.24) is 20.0 Å². The van der Waals surface area contributed by atoms with Crippen molar-refractivity contribution < 1.29 is 19.5 Å². The van der Waals surface area contributed by atoms with Crippen LogP contribution in [0.25, 0.3) is 0 Å². The summed E-state index contributed by atoms with van der Waals surface area (Å²) in [5.74, 6) is -1.92. The number of hydrogen-bond acceptors (Lipinski definition) is 5. The molecule has 0 unspecified atom stereocenters. The zero-order chi connectivity index (χ0) is 17.8. The average Bonchev–Trinajstić information content (AvgIpc) is 2.99. The molecule has 10 heteroatoms. The minimum atomic E-state index is -1.04. The molecule has 0 spiro atoms. The summed E-state index contributed by atoms with van der Waals surface area (Å²) in [6.07, 6.45) is 1.38. The van der Waals surface area contributed by atoms with Crippen molar-refractivity contribution in [2.45, 2.75) is 49.5 Å². The number of amides is 2. The Morgan fingerprint density at radius 3 is 2.75 bits per heavy atom. The maximum absolute atomic E-state index is 12.5. The Morgan fingerprint density at radius 1 is 1.50 bits per heavy atom. The van der Waals surface area contributed by atoms with Gasteiger partial charge in [-0.2, -0.15) is 5.10 Å². The van der Waals surface area contributed by atoms with E-state index in [9.17, 15) is 19.5 Å². The number of aromatic nitrogens is 2. The summed E-state index contributed by atoms with van der Waals surface area (Å²) in [7, 11) is 0. The Kier molecular flexibility index (Phi) is 4.03. The molecule has 24 heavy (non-hydrogen) atoms. The first-order valence-corrected chi connectivity index (χ1v) is 8.69. The van der Waals surface area contributed by atoms with Gasteiger partial charge in [0.1, 0.15) is 23.2 Å². The van der Waals surface area contributed by atoms with E-state index in [2.05, 4.69) is 10.4 Å². The van der Waals surface area contributed by atoms with Crippen molar-refractivity contribution in [3.63, 3.8) is 0 Å². The third kappa shape index (κ3) is 2.37. The third-order valence-corrected chi connectivity index (χ3v) is 6.12. The summed E-state index contributed by atoms with van der Waals surface area (Å²) in [5, 5.41) is 15.9. The predicted molar refractivity (Wildman–Crippen MR) is 87.9 cm³/mol. The van der Waals surface area contributed by atoms with Gasteiger partial charge in [-0.1, -0.05) is 11.6 Å². The number of hydrogen-bond donors (Lipinski definition) is 2. The van der Waals surface area contributed by atoms with Crippen LogP contribution in [0, 0.1) is 0 Å². The lowest BCUT2D eigenvalue weighted by atomic mass is 9.96. The van der Waals surface area contributed by atoms with Gasteiger partial charge in [-0.15, -0.1) is 11.8 Å². The van der Waals surface area contributed by atoms with Crippen LogP contribution in [0.1, 0.15) is 31.3 Å². The predicted octanol–water partition coefficient (Wildman–Crippen LogP) is 0.802. The molecule has 0 radical (unpaired) electrons. The first kappa shape index (κ1) is 17.1. The second kappa shape index (κ2) is 5.66. The van der Waals surface area contributed by atoms with Crippen molar-refractivity contribution in [2.75, 3.05) is 0 Å². The van der Waals surface area contributed by atoms with Gasteiger partial charge < -0.3 is 15.3 Å². The summed E-state index contributed by atoms with van der Waals surface area (Å²) in [6.45, 7) is 5.85. The Labute approximate surface area is 147 Å². The van der Waals surface area contributed by atoms with Gasteiger partial charge in [0.25, 0.3) is 5.91 Å². The molecule has 0 aromatic carbocycles. The van der Waals surface area contributed by atoms with Gasteiger partial charge in [0.2, 0.25) is 5.91 Å². The summed E-state index contributed by atoms with van der Waals surface area (Å²) in [4.78, 5) is 37.6. The minimum Gasteiger partial charge on any atom is -0.480 e. The molecule has 0 aliphatic carbocycles. The first-order chi connectivity index (χ1) is 11.2. The number of thioether (sulfide) groups is 1. The van der Waals surface area contributed by atoms with Crippen LogP contribution in [0.4, 0.5) is 0 Å². The molecule has 2 amide bonds. The number of halogens is 1. The first-order valence-electron chi connectivity index (χ1n) is 7.44. The lowest BCUT2D eigenvalue weighted by Crippen LogP contribution is -2.70. The van der Waals surface area contributed by atoms with Crippen LogP contribution < -0.4 is 5.32 Å². The van der Waals surface area contributed by atoms with E-state index in [-0.39, 0.29) is 10.7 Å². The highest BCUT2D eigenvalue weighted by Crippen LogP contribution is 2.50. The summed E-state index contributed by atoms with van der Waals surface area (Å²) in [6, 6.07) is -1.67. The molecule has 2 aliphatic rings. The van der Waals surface area contributed by atoms with Crippen LogP contribution in [0.5, 0.6) is 0 Å². The van der Waals surface area contributed by atoms with Gasteiger partial charge in [-0.25, -0.2) is 4.79 Å². The number of aliphatic carboxylic acids is 1. The van der Waals surface area contributed by atoms with E-state index in [0.29, 0.717) is 6.54 Å². The van der Waals surface area contributed by atoms with Crippen LogP contribution in [0.15, 0.2) is 6.20 Å². The summed E-state index contributed by atoms with van der Waals surface area (Å²) in [5.41, 5.74) is 0.197. The third-order valence-electron chi connectivity index (χ3n) is 4.27. The number of β-lactam (4-membered cyclic amide) rings is 1. The fraction of sp³-hybridized carbons (Fsp3) is 0.571. The number of aryl methyl sites for hydroxylation is 1. The second-order valence-electron chi connectivity index (χ2n) is 6.21. The van der Waals surface area contributed by atoms with Gasteiger partial charge in [0.15, 0.2) is 0 Å². The van der Waals surface area contributed by atoms with E-state index in [4.69, 9.17) is 11.6 Å². The highest BCUT2D eigenvalue weighted by atomic mass is 35.5. The average molecular weight is 373 g/mol. The van der Waals surface area contributed by atoms with E-state index in [1.54, 1.807) is 13.8 Å². The highest BCUT2D eigenvalue weighted by molar-refractivity contribution is 8.01. The number of carbonyl (C=O) groups excluding carboxylic acids is 2. The van der Waals surface area contributed by atoms with Crippen molar-refractivity contribution in [3.8, 4) is 0 Å². The van der Waals surface area contributed by atoms with Crippen LogP contribution in [0.2, 0.25) is 5.02 Å². The van der Waals surface area contributed by atoms with E-state index >= 15 is 0 Å². The smallest absolute Gasteiger partial charge is 0.327 e. The van der Waals surface area contributed by atoms with Gasteiger partial charge in [-0.05, 0) is 20.8 Å². The molecule has 8 nitrogen and oxygen atoms in total. The van der Waals surface area contributed by atoms with Crippen LogP contribution in [-0.4, -0.2) is 59.8 Å². The number of rotatable bonds is 4. The Balaban J connectivity index is 1.79. The van der Waals surface area contributed by atoms with Gasteiger partial charge in [0, 0.05) is 11.3 Å².